The predicted molar refractivity (Wildman–Crippen MR) is 106 cm³/mol. The third-order valence-electron chi connectivity index (χ3n) is 8.44. The number of fused-ring (bicyclic) bond motifs is 5. The molecule has 0 amide bonds. The number of allylic oxidation sites excluding steroid dienone is 4. The zero-order valence-corrected chi connectivity index (χ0v) is 17.5. The molecule has 1 unspecified atom stereocenters. The molecule has 0 aromatic carbocycles. The summed E-state index contributed by atoms with van der Waals surface area (Å²) in [6.45, 7) is 8.06. The number of carbonyl (C=O) groups is 3. The zero-order chi connectivity index (χ0) is 20.3. The summed E-state index contributed by atoms with van der Waals surface area (Å²) in [6.07, 6.45) is 9.94. The first-order chi connectivity index (χ1) is 13.2. The van der Waals surface area contributed by atoms with Crippen molar-refractivity contribution >= 4 is 17.5 Å². The van der Waals surface area contributed by atoms with Gasteiger partial charge < -0.3 is 4.74 Å². The molecular weight excluding hydrogens is 352 g/mol. The highest BCUT2D eigenvalue weighted by Gasteiger charge is 2.59. The van der Waals surface area contributed by atoms with Crippen LogP contribution in [0.3, 0.4) is 0 Å². The van der Waals surface area contributed by atoms with Crippen LogP contribution < -0.4 is 0 Å². The summed E-state index contributed by atoms with van der Waals surface area (Å²) in [4.78, 5) is 36.1. The van der Waals surface area contributed by atoms with Gasteiger partial charge >= 0.3 is 5.97 Å². The zero-order valence-electron chi connectivity index (χ0n) is 17.5. The van der Waals surface area contributed by atoms with E-state index in [1.807, 2.05) is 6.08 Å². The van der Waals surface area contributed by atoms with E-state index in [1.54, 1.807) is 0 Å². The summed E-state index contributed by atoms with van der Waals surface area (Å²) < 4.78 is 5.05. The van der Waals surface area contributed by atoms with Crippen molar-refractivity contribution < 1.29 is 19.1 Å². The molecule has 2 saturated carbocycles. The Hall–Kier alpha value is -1.71. The molecule has 152 valence electrons. The van der Waals surface area contributed by atoms with Crippen molar-refractivity contribution in [3.63, 3.8) is 0 Å². The number of hydrogen-bond acceptors (Lipinski definition) is 4. The normalized spacial score (nSPS) is 41.9. The number of hydrogen-bond donors (Lipinski definition) is 0. The largest absolute Gasteiger partial charge is 0.458 e. The Morgan fingerprint density at radius 3 is 2.71 bits per heavy atom. The molecule has 4 aliphatic rings. The lowest BCUT2D eigenvalue weighted by molar-refractivity contribution is -0.148. The SMILES string of the molecule is CC(=O)OCC(=O)[C@H]1C(C)C[C@H]2[C@@H]3CCC4=CC(=O)CC[C@]4(C)C3=CC[C@]12C. The monoisotopic (exact) mass is 384 g/mol. The number of carbonyl (C=O) groups excluding carboxylic acids is 3. The van der Waals surface area contributed by atoms with Crippen LogP contribution in [0.5, 0.6) is 0 Å². The van der Waals surface area contributed by atoms with Crippen LogP contribution in [0, 0.1) is 34.5 Å². The molecule has 0 aliphatic heterocycles. The van der Waals surface area contributed by atoms with E-state index in [0.29, 0.717) is 24.2 Å². The van der Waals surface area contributed by atoms with Gasteiger partial charge in [0.25, 0.3) is 0 Å². The fourth-order valence-corrected chi connectivity index (χ4v) is 7.17. The Morgan fingerprint density at radius 1 is 1.25 bits per heavy atom. The smallest absolute Gasteiger partial charge is 0.303 e. The van der Waals surface area contributed by atoms with Crippen molar-refractivity contribution in [2.45, 2.75) is 66.2 Å². The van der Waals surface area contributed by atoms with E-state index >= 15 is 0 Å². The predicted octanol–water partition coefficient (Wildman–Crippen LogP) is 4.43. The topological polar surface area (TPSA) is 60.4 Å². The minimum absolute atomic E-state index is 0.0290. The summed E-state index contributed by atoms with van der Waals surface area (Å²) in [6, 6.07) is 0. The second kappa shape index (κ2) is 6.67. The van der Waals surface area contributed by atoms with Gasteiger partial charge in [-0.1, -0.05) is 38.0 Å². The summed E-state index contributed by atoms with van der Waals surface area (Å²) in [5.41, 5.74) is 2.82. The molecule has 0 aromatic rings. The highest BCUT2D eigenvalue weighted by atomic mass is 16.5. The molecule has 6 atom stereocenters. The van der Waals surface area contributed by atoms with Crippen LogP contribution in [0.25, 0.3) is 0 Å². The molecular formula is C24H32O4. The minimum Gasteiger partial charge on any atom is -0.458 e. The van der Waals surface area contributed by atoms with Crippen molar-refractivity contribution in [2.75, 3.05) is 6.61 Å². The third-order valence-corrected chi connectivity index (χ3v) is 8.44. The van der Waals surface area contributed by atoms with Crippen LogP contribution >= 0.6 is 0 Å². The van der Waals surface area contributed by atoms with Crippen LogP contribution in [0.15, 0.2) is 23.3 Å². The van der Waals surface area contributed by atoms with Gasteiger partial charge in [-0.15, -0.1) is 0 Å². The van der Waals surface area contributed by atoms with Gasteiger partial charge in [0.1, 0.15) is 6.61 Å². The molecule has 0 aromatic heterocycles. The van der Waals surface area contributed by atoms with Crippen LogP contribution in [0.4, 0.5) is 0 Å². The standard InChI is InChI=1S/C24H32O4/c1-14-11-20-18-6-5-16-12-17(26)7-9-23(16,3)19(18)8-10-24(20,4)22(14)21(27)13-28-15(2)25/h8,12,14,18,20,22H,5-7,9-11,13H2,1-4H3/t14?,18-,20+,22-,23+,24+/m1/s1. The van der Waals surface area contributed by atoms with Gasteiger partial charge in [-0.2, -0.15) is 0 Å². The van der Waals surface area contributed by atoms with E-state index in [-0.39, 0.29) is 34.9 Å². The van der Waals surface area contributed by atoms with Gasteiger partial charge in [-0.25, -0.2) is 0 Å². The van der Waals surface area contributed by atoms with Crippen LogP contribution in [0.2, 0.25) is 0 Å². The Bertz CT molecular complexity index is 790. The fourth-order valence-electron chi connectivity index (χ4n) is 7.17. The average molecular weight is 385 g/mol. The van der Waals surface area contributed by atoms with E-state index in [0.717, 1.165) is 32.1 Å². The molecule has 4 nitrogen and oxygen atoms in total. The molecule has 2 fully saturated rings. The maximum Gasteiger partial charge on any atom is 0.303 e. The summed E-state index contributed by atoms with van der Waals surface area (Å²) in [5.74, 6) is 1.22. The molecule has 0 radical (unpaired) electrons. The Labute approximate surface area is 167 Å². The minimum atomic E-state index is -0.391. The van der Waals surface area contributed by atoms with E-state index in [4.69, 9.17) is 4.74 Å². The summed E-state index contributed by atoms with van der Waals surface area (Å²) >= 11 is 0. The molecule has 0 bridgehead atoms. The van der Waals surface area contributed by atoms with Crippen molar-refractivity contribution in [1.82, 2.24) is 0 Å². The van der Waals surface area contributed by atoms with Gasteiger partial charge in [0.15, 0.2) is 11.6 Å². The highest BCUT2D eigenvalue weighted by molar-refractivity contribution is 5.92. The molecule has 4 aliphatic carbocycles. The Morgan fingerprint density at radius 2 is 2.00 bits per heavy atom. The van der Waals surface area contributed by atoms with Crippen LogP contribution in [-0.2, 0) is 19.1 Å². The lowest BCUT2D eigenvalue weighted by Crippen LogP contribution is -2.46. The van der Waals surface area contributed by atoms with Gasteiger partial charge in [0, 0.05) is 24.7 Å². The van der Waals surface area contributed by atoms with Crippen molar-refractivity contribution in [3.05, 3.63) is 23.3 Å². The quantitative estimate of drug-likeness (QED) is 0.533. The molecule has 0 N–H and O–H groups in total. The number of Topliss-reactive ketones (excluding diaryl/α,β-unsaturated/α-hetero) is 1. The van der Waals surface area contributed by atoms with Crippen molar-refractivity contribution in [2.24, 2.45) is 34.5 Å². The lowest BCUT2D eigenvalue weighted by Gasteiger charge is -2.53. The third kappa shape index (κ3) is 2.83. The molecule has 0 saturated heterocycles. The second-order valence-corrected chi connectivity index (χ2v) is 10.0. The highest BCUT2D eigenvalue weighted by Crippen LogP contribution is 2.65. The number of ether oxygens (including phenoxy) is 1. The summed E-state index contributed by atoms with van der Waals surface area (Å²) in [5, 5.41) is 0. The van der Waals surface area contributed by atoms with E-state index < -0.39 is 5.97 Å². The maximum absolute atomic E-state index is 13.0. The Balaban J connectivity index is 1.65. The second-order valence-electron chi connectivity index (χ2n) is 10.0. The van der Waals surface area contributed by atoms with E-state index in [9.17, 15) is 14.4 Å². The fraction of sp³-hybridized carbons (Fsp3) is 0.708. The van der Waals surface area contributed by atoms with Gasteiger partial charge in [-0.05, 0) is 61.3 Å². The molecule has 0 spiro atoms. The molecule has 4 heteroatoms. The Kier molecular flexibility index (Phi) is 4.67. The van der Waals surface area contributed by atoms with Crippen LogP contribution in [0.1, 0.15) is 66.2 Å². The molecule has 0 heterocycles. The lowest BCUT2D eigenvalue weighted by atomic mass is 9.51. The van der Waals surface area contributed by atoms with Gasteiger partial charge in [0.05, 0.1) is 0 Å². The number of esters is 1. The maximum atomic E-state index is 13.0. The molecule has 28 heavy (non-hydrogen) atoms. The summed E-state index contributed by atoms with van der Waals surface area (Å²) in [7, 11) is 0. The van der Waals surface area contributed by atoms with Crippen LogP contribution in [-0.4, -0.2) is 24.1 Å². The first-order valence-corrected chi connectivity index (χ1v) is 10.8. The van der Waals surface area contributed by atoms with E-state index in [1.165, 1.54) is 18.1 Å². The van der Waals surface area contributed by atoms with Crippen molar-refractivity contribution in [3.8, 4) is 0 Å². The van der Waals surface area contributed by atoms with Gasteiger partial charge in [0.2, 0.25) is 0 Å². The van der Waals surface area contributed by atoms with E-state index in [2.05, 4.69) is 26.8 Å². The number of rotatable bonds is 3. The van der Waals surface area contributed by atoms with Gasteiger partial charge in [-0.3, -0.25) is 14.4 Å². The number of ketones is 2. The first-order valence-electron chi connectivity index (χ1n) is 10.8. The van der Waals surface area contributed by atoms with Crippen molar-refractivity contribution in [1.29, 1.82) is 0 Å². The average Bonchev–Trinajstić information content (AvgIpc) is 2.90. The first kappa shape index (κ1) is 19.6. The molecule has 4 rings (SSSR count).